The predicted molar refractivity (Wildman–Crippen MR) is 75.9 cm³/mol. The summed E-state index contributed by atoms with van der Waals surface area (Å²) in [4.78, 5) is 0. The van der Waals surface area contributed by atoms with Crippen LogP contribution in [0.5, 0.6) is 5.75 Å². The molecule has 0 aliphatic heterocycles. The molecule has 2 aromatic carbocycles. The second-order valence-corrected chi connectivity index (χ2v) is 4.36. The zero-order valence-electron chi connectivity index (χ0n) is 11.4. The SMILES string of the molecule is CNCc1ccc(-c2cc(C#N)ccc2OC)cc1F. The second kappa shape index (κ2) is 6.18. The van der Waals surface area contributed by atoms with Crippen LogP contribution < -0.4 is 10.1 Å². The quantitative estimate of drug-likeness (QED) is 0.928. The van der Waals surface area contributed by atoms with Gasteiger partial charge < -0.3 is 10.1 Å². The fourth-order valence-corrected chi connectivity index (χ4v) is 2.05. The Morgan fingerprint density at radius 1 is 1.25 bits per heavy atom. The summed E-state index contributed by atoms with van der Waals surface area (Å²) in [7, 11) is 3.32. The van der Waals surface area contributed by atoms with Gasteiger partial charge in [-0.2, -0.15) is 5.26 Å². The second-order valence-electron chi connectivity index (χ2n) is 4.36. The first kappa shape index (κ1) is 14.0. The molecule has 102 valence electrons. The van der Waals surface area contributed by atoms with Crippen molar-refractivity contribution in [2.45, 2.75) is 6.54 Å². The number of halogens is 1. The molecule has 2 rings (SSSR count). The summed E-state index contributed by atoms with van der Waals surface area (Å²) >= 11 is 0. The number of nitrogens with zero attached hydrogens (tertiary/aromatic N) is 1. The van der Waals surface area contributed by atoms with Gasteiger partial charge in [0.25, 0.3) is 0 Å². The monoisotopic (exact) mass is 270 g/mol. The van der Waals surface area contributed by atoms with Crippen LogP contribution in [0.15, 0.2) is 36.4 Å². The van der Waals surface area contributed by atoms with Gasteiger partial charge in [-0.1, -0.05) is 12.1 Å². The van der Waals surface area contributed by atoms with Gasteiger partial charge in [-0.15, -0.1) is 0 Å². The molecule has 0 heterocycles. The molecule has 3 nitrogen and oxygen atoms in total. The standard InChI is InChI=1S/C16H15FN2O/c1-19-10-13-5-4-12(8-15(13)17)14-7-11(9-18)3-6-16(14)20-2/h3-8,19H,10H2,1-2H3. The first-order chi connectivity index (χ1) is 9.69. The third-order valence-corrected chi connectivity index (χ3v) is 3.06. The number of hydrogen-bond donors (Lipinski definition) is 1. The summed E-state index contributed by atoms with van der Waals surface area (Å²) in [6.07, 6.45) is 0. The minimum atomic E-state index is -0.277. The first-order valence-corrected chi connectivity index (χ1v) is 6.21. The van der Waals surface area contributed by atoms with E-state index in [1.54, 1.807) is 38.4 Å². The summed E-state index contributed by atoms with van der Waals surface area (Å²) in [6.45, 7) is 0.474. The molecule has 0 bridgehead atoms. The minimum Gasteiger partial charge on any atom is -0.496 e. The van der Waals surface area contributed by atoms with Gasteiger partial charge in [-0.05, 0) is 36.9 Å². The van der Waals surface area contributed by atoms with E-state index in [0.717, 1.165) is 0 Å². The number of ether oxygens (including phenoxy) is 1. The van der Waals surface area contributed by atoms with E-state index in [0.29, 0.717) is 34.5 Å². The topological polar surface area (TPSA) is 45.0 Å². The van der Waals surface area contributed by atoms with Crippen molar-refractivity contribution < 1.29 is 9.13 Å². The number of nitriles is 1. The number of methoxy groups -OCH3 is 1. The van der Waals surface area contributed by atoms with Crippen LogP contribution >= 0.6 is 0 Å². The van der Waals surface area contributed by atoms with Crippen LogP contribution in [-0.2, 0) is 6.54 Å². The molecule has 0 spiro atoms. The molecule has 0 amide bonds. The van der Waals surface area contributed by atoms with Crippen molar-refractivity contribution in [2.75, 3.05) is 14.2 Å². The summed E-state index contributed by atoms with van der Waals surface area (Å²) in [5, 5.41) is 11.9. The minimum absolute atomic E-state index is 0.277. The smallest absolute Gasteiger partial charge is 0.128 e. The van der Waals surface area contributed by atoms with Crippen LogP contribution in [0.4, 0.5) is 4.39 Å². The summed E-state index contributed by atoms with van der Waals surface area (Å²) in [5.41, 5.74) is 2.52. The molecule has 4 heteroatoms. The lowest BCUT2D eigenvalue weighted by atomic mass is 10.0. The molecule has 0 saturated carbocycles. The largest absolute Gasteiger partial charge is 0.496 e. The fourth-order valence-electron chi connectivity index (χ4n) is 2.05. The highest BCUT2D eigenvalue weighted by Crippen LogP contribution is 2.31. The molecule has 0 radical (unpaired) electrons. The molecule has 0 aliphatic rings. The van der Waals surface area contributed by atoms with Gasteiger partial charge >= 0.3 is 0 Å². The molecular weight excluding hydrogens is 255 g/mol. The van der Waals surface area contributed by atoms with Crippen molar-refractivity contribution in [1.82, 2.24) is 5.32 Å². The van der Waals surface area contributed by atoms with Crippen molar-refractivity contribution in [3.63, 3.8) is 0 Å². The van der Waals surface area contributed by atoms with Crippen LogP contribution in [0.25, 0.3) is 11.1 Å². The molecule has 0 atom stereocenters. The summed E-state index contributed by atoms with van der Waals surface area (Å²) in [6, 6.07) is 12.2. The van der Waals surface area contributed by atoms with E-state index in [1.807, 2.05) is 6.07 Å². The highest BCUT2D eigenvalue weighted by Gasteiger charge is 2.10. The van der Waals surface area contributed by atoms with Gasteiger partial charge in [-0.25, -0.2) is 4.39 Å². The molecular formula is C16H15FN2O. The molecule has 20 heavy (non-hydrogen) atoms. The Balaban J connectivity index is 2.50. The van der Waals surface area contributed by atoms with Crippen LogP contribution in [-0.4, -0.2) is 14.2 Å². The maximum Gasteiger partial charge on any atom is 0.128 e. The van der Waals surface area contributed by atoms with Crippen molar-refractivity contribution >= 4 is 0 Å². The first-order valence-electron chi connectivity index (χ1n) is 6.21. The van der Waals surface area contributed by atoms with Gasteiger partial charge in [0, 0.05) is 17.7 Å². The Morgan fingerprint density at radius 3 is 2.65 bits per heavy atom. The maximum atomic E-state index is 14.0. The summed E-state index contributed by atoms with van der Waals surface area (Å²) in [5.74, 6) is 0.339. The zero-order chi connectivity index (χ0) is 14.5. The van der Waals surface area contributed by atoms with Crippen molar-refractivity contribution in [3.05, 3.63) is 53.3 Å². The fraction of sp³-hybridized carbons (Fsp3) is 0.188. The highest BCUT2D eigenvalue weighted by molar-refractivity contribution is 5.72. The number of nitrogens with one attached hydrogen (secondary N) is 1. The average molecular weight is 270 g/mol. The van der Waals surface area contributed by atoms with E-state index in [9.17, 15) is 4.39 Å². The molecule has 0 aliphatic carbocycles. The Bertz CT molecular complexity index is 662. The van der Waals surface area contributed by atoms with E-state index in [-0.39, 0.29) is 5.82 Å². The van der Waals surface area contributed by atoms with Gasteiger partial charge in [0.1, 0.15) is 11.6 Å². The van der Waals surface area contributed by atoms with E-state index in [2.05, 4.69) is 11.4 Å². The Hall–Kier alpha value is -2.38. The lowest BCUT2D eigenvalue weighted by Gasteiger charge is -2.10. The van der Waals surface area contributed by atoms with Gasteiger partial charge in [0.05, 0.1) is 18.7 Å². The number of benzene rings is 2. The van der Waals surface area contributed by atoms with Gasteiger partial charge in [0.15, 0.2) is 0 Å². The normalized spacial score (nSPS) is 10.1. The van der Waals surface area contributed by atoms with Crippen LogP contribution in [0.3, 0.4) is 0 Å². The lowest BCUT2D eigenvalue weighted by Crippen LogP contribution is -2.06. The summed E-state index contributed by atoms with van der Waals surface area (Å²) < 4.78 is 19.3. The average Bonchev–Trinajstić information content (AvgIpc) is 2.48. The van der Waals surface area contributed by atoms with E-state index < -0.39 is 0 Å². The molecule has 0 fully saturated rings. The molecule has 0 saturated heterocycles. The number of hydrogen-bond acceptors (Lipinski definition) is 3. The van der Waals surface area contributed by atoms with Crippen molar-refractivity contribution in [1.29, 1.82) is 5.26 Å². The van der Waals surface area contributed by atoms with E-state index >= 15 is 0 Å². The highest BCUT2D eigenvalue weighted by atomic mass is 19.1. The third-order valence-electron chi connectivity index (χ3n) is 3.06. The Morgan fingerprint density at radius 2 is 2.05 bits per heavy atom. The molecule has 1 N–H and O–H groups in total. The van der Waals surface area contributed by atoms with Gasteiger partial charge in [-0.3, -0.25) is 0 Å². The van der Waals surface area contributed by atoms with Crippen molar-refractivity contribution in [3.8, 4) is 22.9 Å². The molecule has 0 aromatic heterocycles. The Kier molecular flexibility index (Phi) is 4.34. The van der Waals surface area contributed by atoms with E-state index in [1.165, 1.54) is 6.07 Å². The third kappa shape index (κ3) is 2.79. The van der Waals surface area contributed by atoms with Crippen molar-refractivity contribution in [2.24, 2.45) is 0 Å². The molecule has 0 unspecified atom stereocenters. The van der Waals surface area contributed by atoms with Crippen LogP contribution in [0.1, 0.15) is 11.1 Å². The van der Waals surface area contributed by atoms with Crippen LogP contribution in [0, 0.1) is 17.1 Å². The van der Waals surface area contributed by atoms with Crippen LogP contribution in [0.2, 0.25) is 0 Å². The maximum absolute atomic E-state index is 14.0. The zero-order valence-corrected chi connectivity index (χ0v) is 11.4. The molecule has 2 aromatic rings. The van der Waals surface area contributed by atoms with E-state index in [4.69, 9.17) is 10.00 Å². The van der Waals surface area contributed by atoms with Gasteiger partial charge in [0.2, 0.25) is 0 Å². The predicted octanol–water partition coefficient (Wildman–Crippen LogP) is 3.09. The Labute approximate surface area is 117 Å². The lowest BCUT2D eigenvalue weighted by molar-refractivity contribution is 0.416. The number of rotatable bonds is 4.